The van der Waals surface area contributed by atoms with Crippen molar-refractivity contribution in [2.75, 3.05) is 36.4 Å². The second kappa shape index (κ2) is 7.28. The average molecular weight is 410 g/mol. The van der Waals surface area contributed by atoms with Crippen molar-refractivity contribution < 1.29 is 9.59 Å². The molecule has 0 unspecified atom stereocenters. The van der Waals surface area contributed by atoms with Crippen molar-refractivity contribution in [1.82, 2.24) is 30.1 Å². The number of imide groups is 1. The normalized spacial score (nSPS) is 21.6. The first-order valence-corrected chi connectivity index (χ1v) is 10.5. The lowest BCUT2D eigenvalue weighted by Gasteiger charge is -2.37. The molecule has 158 valence electrons. The molecular weight excluding hydrogens is 384 g/mol. The summed E-state index contributed by atoms with van der Waals surface area (Å²) < 4.78 is 1.77. The van der Waals surface area contributed by atoms with Crippen molar-refractivity contribution in [2.24, 2.45) is 0 Å². The third-order valence-electron chi connectivity index (χ3n) is 5.80. The van der Waals surface area contributed by atoms with Crippen LogP contribution in [-0.2, 0) is 4.79 Å². The van der Waals surface area contributed by atoms with Crippen LogP contribution in [0.3, 0.4) is 0 Å². The van der Waals surface area contributed by atoms with Gasteiger partial charge in [-0.3, -0.25) is 15.0 Å². The van der Waals surface area contributed by atoms with E-state index in [4.69, 9.17) is 4.98 Å². The van der Waals surface area contributed by atoms with Crippen LogP contribution >= 0.6 is 0 Å². The smallest absolute Gasteiger partial charge is 0.326 e. The fraction of sp³-hybridized carbons (Fsp3) is 0.500. The number of hydrogen-bond donors (Lipinski definition) is 3. The van der Waals surface area contributed by atoms with E-state index in [0.717, 1.165) is 50.7 Å². The summed E-state index contributed by atoms with van der Waals surface area (Å²) >= 11 is 0. The van der Waals surface area contributed by atoms with E-state index in [1.165, 1.54) is 0 Å². The molecule has 3 N–H and O–H groups in total. The van der Waals surface area contributed by atoms with Gasteiger partial charge in [0.25, 0.3) is 5.91 Å². The van der Waals surface area contributed by atoms with Gasteiger partial charge in [-0.15, -0.1) is 0 Å². The van der Waals surface area contributed by atoms with Crippen LogP contribution in [0.5, 0.6) is 0 Å². The van der Waals surface area contributed by atoms with Crippen LogP contribution in [0, 0.1) is 0 Å². The van der Waals surface area contributed by atoms with Crippen molar-refractivity contribution >= 4 is 35.3 Å². The number of aromatic nitrogens is 3. The number of urea groups is 1. The van der Waals surface area contributed by atoms with Crippen LogP contribution in [0.4, 0.5) is 16.4 Å². The number of piperazine rings is 1. The minimum absolute atomic E-state index is 0.198. The summed E-state index contributed by atoms with van der Waals surface area (Å²) in [7, 11) is 0. The third-order valence-corrected chi connectivity index (χ3v) is 5.80. The molecule has 3 amide bonds. The average Bonchev–Trinajstić information content (AvgIpc) is 3.36. The van der Waals surface area contributed by atoms with Gasteiger partial charge in [-0.05, 0) is 32.8 Å². The minimum Gasteiger partial charge on any atom is -0.367 e. The highest BCUT2D eigenvalue weighted by molar-refractivity contribution is 6.14. The first kappa shape index (κ1) is 18.9. The Kier molecular flexibility index (Phi) is 4.58. The van der Waals surface area contributed by atoms with E-state index in [9.17, 15) is 9.59 Å². The molecule has 0 radical (unpaired) electrons. The van der Waals surface area contributed by atoms with Gasteiger partial charge in [0.05, 0.1) is 6.20 Å². The number of hydrogen-bond acceptors (Lipinski definition) is 7. The fourth-order valence-electron chi connectivity index (χ4n) is 3.88. The van der Waals surface area contributed by atoms with Gasteiger partial charge in [0.2, 0.25) is 0 Å². The second-order valence-electron chi connectivity index (χ2n) is 8.34. The Labute approximate surface area is 174 Å². The molecular formula is C20H26N8O2. The molecule has 0 spiro atoms. The van der Waals surface area contributed by atoms with Crippen molar-refractivity contribution in [1.29, 1.82) is 0 Å². The Morgan fingerprint density at radius 3 is 2.57 bits per heavy atom. The van der Waals surface area contributed by atoms with Gasteiger partial charge in [0.15, 0.2) is 5.65 Å². The van der Waals surface area contributed by atoms with Gasteiger partial charge in [0, 0.05) is 49.9 Å². The summed E-state index contributed by atoms with van der Waals surface area (Å²) in [6.07, 6.45) is 5.59. The predicted molar refractivity (Wildman–Crippen MR) is 113 cm³/mol. The maximum absolute atomic E-state index is 11.9. The molecule has 1 saturated carbocycles. The number of fused-ring (bicyclic) bond motifs is 1. The molecule has 2 aliphatic heterocycles. The number of carbonyl (C=O) groups is 2. The number of carbonyl (C=O) groups excluding carboxylic acids is 2. The van der Waals surface area contributed by atoms with Gasteiger partial charge in [0.1, 0.15) is 17.3 Å². The molecule has 5 rings (SSSR count). The third kappa shape index (κ3) is 3.58. The van der Waals surface area contributed by atoms with Gasteiger partial charge in [-0.25, -0.2) is 9.78 Å². The Balaban J connectivity index is 1.51. The van der Waals surface area contributed by atoms with E-state index >= 15 is 0 Å². The highest BCUT2D eigenvalue weighted by Gasteiger charge is 2.27. The topological polar surface area (TPSA) is 107 Å². The largest absolute Gasteiger partial charge is 0.367 e. The summed E-state index contributed by atoms with van der Waals surface area (Å²) in [5.74, 6) is 1.35. The maximum Gasteiger partial charge on any atom is 0.326 e. The molecule has 1 aliphatic carbocycles. The molecule has 2 aromatic heterocycles. The number of nitrogens with one attached hydrogen (secondary N) is 3. The Hall–Kier alpha value is -3.14. The quantitative estimate of drug-likeness (QED) is 0.499. The Morgan fingerprint density at radius 2 is 1.93 bits per heavy atom. The number of amides is 3. The molecule has 2 aromatic rings. The van der Waals surface area contributed by atoms with Gasteiger partial charge >= 0.3 is 6.03 Å². The van der Waals surface area contributed by atoms with Crippen LogP contribution in [0.2, 0.25) is 0 Å². The van der Waals surface area contributed by atoms with Crippen LogP contribution in [0.1, 0.15) is 32.3 Å². The summed E-state index contributed by atoms with van der Waals surface area (Å²) in [5, 5.41) is 12.8. The summed E-state index contributed by atoms with van der Waals surface area (Å²) in [6.45, 7) is 8.26. The molecule has 3 fully saturated rings. The molecule has 10 nitrogen and oxygen atoms in total. The van der Waals surface area contributed by atoms with E-state index in [1.807, 2.05) is 0 Å². The monoisotopic (exact) mass is 410 g/mol. The van der Waals surface area contributed by atoms with E-state index in [-0.39, 0.29) is 5.70 Å². The van der Waals surface area contributed by atoms with Crippen LogP contribution < -0.4 is 20.9 Å². The maximum atomic E-state index is 11.9. The first-order valence-electron chi connectivity index (χ1n) is 10.5. The van der Waals surface area contributed by atoms with Crippen molar-refractivity contribution in [3.63, 3.8) is 0 Å². The van der Waals surface area contributed by atoms with Gasteiger partial charge in [-0.1, -0.05) is 0 Å². The van der Waals surface area contributed by atoms with E-state index in [2.05, 4.69) is 50.8 Å². The number of rotatable bonds is 5. The Bertz CT molecular complexity index is 1030. The molecule has 0 atom stereocenters. The zero-order valence-electron chi connectivity index (χ0n) is 17.2. The molecule has 3 aliphatic rings. The van der Waals surface area contributed by atoms with Crippen LogP contribution in [-0.4, -0.2) is 69.7 Å². The van der Waals surface area contributed by atoms with E-state index in [1.54, 1.807) is 16.8 Å². The minimum atomic E-state index is -0.518. The zero-order chi connectivity index (χ0) is 20.8. The van der Waals surface area contributed by atoms with Crippen molar-refractivity contribution in [3.8, 4) is 0 Å². The summed E-state index contributed by atoms with van der Waals surface area (Å²) in [5.41, 5.74) is 1.54. The zero-order valence-corrected chi connectivity index (χ0v) is 17.2. The van der Waals surface area contributed by atoms with Crippen LogP contribution in [0.25, 0.3) is 11.7 Å². The lowest BCUT2D eigenvalue weighted by molar-refractivity contribution is -0.115. The molecule has 10 heteroatoms. The standard InChI is InChI=1S/C20H26N8O2/c1-12(2)26-5-7-27(8-6-26)16-10-17(22-14-3-4-14)28-18(24-16)13(11-21-28)9-15-19(29)25-20(30)23-15/h9-12,14,22H,3-8H2,1-2H3,(H2,23,25,29,30)/b15-9-. The predicted octanol–water partition coefficient (Wildman–Crippen LogP) is 1.01. The highest BCUT2D eigenvalue weighted by atomic mass is 16.2. The lowest BCUT2D eigenvalue weighted by atomic mass is 10.2. The first-order chi connectivity index (χ1) is 14.5. The molecule has 0 bridgehead atoms. The van der Waals surface area contributed by atoms with Crippen molar-refractivity contribution in [3.05, 3.63) is 23.5 Å². The Morgan fingerprint density at radius 1 is 1.17 bits per heavy atom. The number of anilines is 2. The molecule has 0 aromatic carbocycles. The van der Waals surface area contributed by atoms with Crippen molar-refractivity contribution in [2.45, 2.75) is 38.8 Å². The SMILES string of the molecule is CC(C)N1CCN(c2cc(NC3CC3)n3ncc(/C=C4\NC(=O)NC4=O)c3n2)CC1. The van der Waals surface area contributed by atoms with E-state index < -0.39 is 11.9 Å². The summed E-state index contributed by atoms with van der Waals surface area (Å²) in [4.78, 5) is 33.0. The molecule has 4 heterocycles. The molecule has 2 saturated heterocycles. The van der Waals surface area contributed by atoms with E-state index in [0.29, 0.717) is 23.3 Å². The number of nitrogens with zero attached hydrogens (tertiary/aromatic N) is 5. The van der Waals surface area contributed by atoms with Gasteiger partial charge in [-0.2, -0.15) is 9.61 Å². The fourth-order valence-corrected chi connectivity index (χ4v) is 3.88. The molecule has 30 heavy (non-hydrogen) atoms. The van der Waals surface area contributed by atoms with Gasteiger partial charge < -0.3 is 15.5 Å². The summed E-state index contributed by atoms with van der Waals surface area (Å²) in [6, 6.07) is 2.54. The highest BCUT2D eigenvalue weighted by Crippen LogP contribution is 2.29. The lowest BCUT2D eigenvalue weighted by Crippen LogP contribution is -2.49. The second-order valence-corrected chi connectivity index (χ2v) is 8.34. The van der Waals surface area contributed by atoms with Crippen LogP contribution in [0.15, 0.2) is 18.0 Å².